The van der Waals surface area contributed by atoms with Crippen LogP contribution in [0.1, 0.15) is 33.6 Å². The molecule has 1 N–H and O–H groups in total. The van der Waals surface area contributed by atoms with E-state index in [9.17, 15) is 5.11 Å². The minimum atomic E-state index is -1.82. The third-order valence-corrected chi connectivity index (χ3v) is 9.12. The molecule has 0 aromatic carbocycles. The van der Waals surface area contributed by atoms with Gasteiger partial charge in [0.05, 0.1) is 12.2 Å². The van der Waals surface area contributed by atoms with Gasteiger partial charge in [0.2, 0.25) is 0 Å². The van der Waals surface area contributed by atoms with E-state index in [0.717, 1.165) is 18.2 Å². The Kier molecular flexibility index (Phi) is 5.59. The molecular formula is C15H29O2PSi. The van der Waals surface area contributed by atoms with Gasteiger partial charge in [0.25, 0.3) is 0 Å². The number of hydrogen-bond acceptors (Lipinski definition) is 2. The Hall–Kier alpha value is 0.0469. The molecule has 0 saturated heterocycles. The molecule has 3 atom stereocenters. The average Bonchev–Trinajstić information content (AvgIpc) is 2.23. The van der Waals surface area contributed by atoms with Gasteiger partial charge in [-0.05, 0) is 42.7 Å². The number of aliphatic hydroxyl groups excluding tert-OH is 1. The third kappa shape index (κ3) is 4.26. The predicted molar refractivity (Wildman–Crippen MR) is 89.1 cm³/mol. The second-order valence-electron chi connectivity index (χ2n) is 6.96. The summed E-state index contributed by atoms with van der Waals surface area (Å²) in [6, 6.07) is 0. The van der Waals surface area contributed by atoms with Gasteiger partial charge >= 0.3 is 0 Å². The van der Waals surface area contributed by atoms with Gasteiger partial charge in [-0.25, -0.2) is 0 Å². The summed E-state index contributed by atoms with van der Waals surface area (Å²) in [4.78, 5) is 0. The van der Waals surface area contributed by atoms with Crippen molar-refractivity contribution in [1.82, 2.24) is 0 Å². The van der Waals surface area contributed by atoms with Gasteiger partial charge in [0, 0.05) is 0 Å². The Labute approximate surface area is 121 Å². The zero-order chi connectivity index (χ0) is 14.8. The van der Waals surface area contributed by atoms with Gasteiger partial charge in [-0.2, -0.15) is 0 Å². The van der Waals surface area contributed by atoms with E-state index < -0.39 is 14.4 Å². The molecule has 0 radical (unpaired) electrons. The Bertz CT molecular complexity index is 369. The molecule has 1 aliphatic rings. The molecule has 19 heavy (non-hydrogen) atoms. The molecule has 4 heteroatoms. The van der Waals surface area contributed by atoms with E-state index in [4.69, 9.17) is 4.43 Å². The Morgan fingerprint density at radius 2 is 2.00 bits per heavy atom. The molecule has 0 bridgehead atoms. The van der Waals surface area contributed by atoms with Crippen LogP contribution in [0.2, 0.25) is 18.1 Å². The quantitative estimate of drug-likeness (QED) is 0.487. The van der Waals surface area contributed by atoms with Crippen LogP contribution in [-0.2, 0) is 4.43 Å². The summed E-state index contributed by atoms with van der Waals surface area (Å²) < 4.78 is 6.43. The smallest absolute Gasteiger partial charge is 0.192 e. The first-order valence-corrected chi connectivity index (χ1v) is 10.7. The minimum absolute atomic E-state index is 0.0209. The number of aliphatic hydroxyl groups is 1. The van der Waals surface area contributed by atoms with Crippen LogP contribution in [0.5, 0.6) is 0 Å². The number of hydrogen-bond donors (Lipinski definition) is 1. The maximum Gasteiger partial charge on any atom is 0.192 e. The van der Waals surface area contributed by atoms with E-state index in [-0.39, 0.29) is 11.1 Å². The van der Waals surface area contributed by atoms with Crippen LogP contribution in [0.3, 0.4) is 0 Å². The minimum Gasteiger partial charge on any atom is -0.410 e. The summed E-state index contributed by atoms with van der Waals surface area (Å²) in [7, 11) is 0.884. The summed E-state index contributed by atoms with van der Waals surface area (Å²) in [5, 5.41) is 10.3. The monoisotopic (exact) mass is 300 g/mol. The van der Waals surface area contributed by atoms with E-state index >= 15 is 0 Å². The van der Waals surface area contributed by atoms with E-state index in [0.29, 0.717) is 6.42 Å². The largest absolute Gasteiger partial charge is 0.410 e. The molecule has 1 aliphatic carbocycles. The van der Waals surface area contributed by atoms with Gasteiger partial charge in [0.1, 0.15) is 0 Å². The van der Waals surface area contributed by atoms with E-state index in [1.807, 2.05) is 0 Å². The van der Waals surface area contributed by atoms with Crippen molar-refractivity contribution in [3.05, 3.63) is 23.8 Å². The van der Waals surface area contributed by atoms with Crippen molar-refractivity contribution >= 4 is 17.6 Å². The Morgan fingerprint density at radius 3 is 2.47 bits per heavy atom. The molecular weight excluding hydrogens is 271 g/mol. The van der Waals surface area contributed by atoms with Crippen LogP contribution in [0.25, 0.3) is 0 Å². The SMILES string of the molecule is C=C1[C@H](O)C/C(=C/CP)C[C@H]1O[Si](C)(C)C(C)(C)C. The first-order valence-electron chi connectivity index (χ1n) is 7.01. The zero-order valence-electron chi connectivity index (χ0n) is 13.0. The molecule has 1 fully saturated rings. The average molecular weight is 300 g/mol. The molecule has 0 aliphatic heterocycles. The summed E-state index contributed by atoms with van der Waals surface area (Å²) >= 11 is 0. The van der Waals surface area contributed by atoms with Crippen molar-refractivity contribution in [2.75, 3.05) is 6.16 Å². The molecule has 1 unspecified atom stereocenters. The lowest BCUT2D eigenvalue weighted by Crippen LogP contribution is -2.46. The molecule has 1 rings (SSSR count). The van der Waals surface area contributed by atoms with E-state index in [1.165, 1.54) is 5.57 Å². The second kappa shape index (κ2) is 6.22. The van der Waals surface area contributed by atoms with E-state index in [1.54, 1.807) is 0 Å². The van der Waals surface area contributed by atoms with Crippen LogP contribution < -0.4 is 0 Å². The summed E-state index contributed by atoms with van der Waals surface area (Å²) in [6.07, 6.45) is 4.24. The van der Waals surface area contributed by atoms with Crippen molar-refractivity contribution in [1.29, 1.82) is 0 Å². The fourth-order valence-corrected chi connectivity index (χ4v) is 3.66. The van der Waals surface area contributed by atoms with Crippen molar-refractivity contribution in [3.8, 4) is 0 Å². The van der Waals surface area contributed by atoms with Crippen LogP contribution in [0, 0.1) is 0 Å². The third-order valence-electron chi connectivity index (χ3n) is 4.39. The molecule has 0 aromatic rings. The summed E-state index contributed by atoms with van der Waals surface area (Å²) in [5.74, 6) is 0. The topological polar surface area (TPSA) is 29.5 Å². The standard InChI is InChI=1S/C15H29O2PSi/c1-11-13(16)9-12(7-8-18)10-14(11)17-19(5,6)15(2,3)4/h7,13-14,16H,1,8-10,18H2,2-6H3/b12-7-/t13-,14-/m1/s1. The van der Waals surface area contributed by atoms with E-state index in [2.05, 4.69) is 55.8 Å². The number of allylic oxidation sites excluding steroid dienone is 1. The van der Waals surface area contributed by atoms with Crippen LogP contribution in [-0.4, -0.2) is 31.8 Å². The highest BCUT2D eigenvalue weighted by molar-refractivity contribution is 7.16. The predicted octanol–water partition coefficient (Wildman–Crippen LogP) is 3.89. The molecule has 0 amide bonds. The maximum atomic E-state index is 10.1. The van der Waals surface area contributed by atoms with Crippen molar-refractivity contribution < 1.29 is 9.53 Å². The fraction of sp³-hybridized carbons (Fsp3) is 0.733. The van der Waals surface area contributed by atoms with Crippen molar-refractivity contribution in [3.63, 3.8) is 0 Å². The van der Waals surface area contributed by atoms with Crippen LogP contribution in [0.4, 0.5) is 0 Å². The van der Waals surface area contributed by atoms with Crippen LogP contribution >= 0.6 is 9.24 Å². The van der Waals surface area contributed by atoms with Crippen molar-refractivity contribution in [2.45, 2.75) is 64.0 Å². The lowest BCUT2D eigenvalue weighted by Gasteiger charge is -2.42. The molecule has 0 aromatic heterocycles. The van der Waals surface area contributed by atoms with Gasteiger partial charge in [0.15, 0.2) is 8.32 Å². The summed E-state index contributed by atoms with van der Waals surface area (Å²) in [5.41, 5.74) is 2.14. The molecule has 1 saturated carbocycles. The molecule has 0 spiro atoms. The second-order valence-corrected chi connectivity index (χ2v) is 12.2. The van der Waals surface area contributed by atoms with Crippen molar-refractivity contribution in [2.24, 2.45) is 0 Å². The Balaban J connectivity index is 2.86. The summed E-state index contributed by atoms with van der Waals surface area (Å²) in [6.45, 7) is 15.3. The highest BCUT2D eigenvalue weighted by atomic mass is 31.0. The lowest BCUT2D eigenvalue weighted by atomic mass is 9.86. The highest BCUT2D eigenvalue weighted by Crippen LogP contribution is 2.40. The van der Waals surface area contributed by atoms with Gasteiger partial charge in [-0.15, -0.1) is 9.24 Å². The van der Waals surface area contributed by atoms with Gasteiger partial charge < -0.3 is 9.53 Å². The molecule has 110 valence electrons. The highest BCUT2D eigenvalue weighted by Gasteiger charge is 2.41. The molecule has 2 nitrogen and oxygen atoms in total. The number of rotatable bonds is 3. The first kappa shape index (κ1) is 17.1. The van der Waals surface area contributed by atoms with Gasteiger partial charge in [-0.1, -0.05) is 39.0 Å². The van der Waals surface area contributed by atoms with Crippen LogP contribution in [0.15, 0.2) is 23.8 Å². The normalized spacial score (nSPS) is 27.9. The first-order chi connectivity index (χ1) is 8.58. The molecule has 0 heterocycles. The lowest BCUT2D eigenvalue weighted by molar-refractivity contribution is 0.128. The Morgan fingerprint density at radius 1 is 1.42 bits per heavy atom. The zero-order valence-corrected chi connectivity index (χ0v) is 15.1. The van der Waals surface area contributed by atoms with Gasteiger partial charge in [-0.3, -0.25) is 0 Å². The fourth-order valence-electron chi connectivity index (χ4n) is 2.03. The maximum absolute atomic E-state index is 10.1.